The summed E-state index contributed by atoms with van der Waals surface area (Å²) in [6, 6.07) is 0. The zero-order valence-electron chi connectivity index (χ0n) is 40.9. The minimum Gasteiger partial charge on any atom is -0.756 e. The van der Waals surface area contributed by atoms with Gasteiger partial charge in [-0.25, -0.2) is 33.4 Å². The number of aromatic amines is 2. The molecule has 0 saturated carbocycles. The summed E-state index contributed by atoms with van der Waals surface area (Å²) < 4.78 is 110. The average molecular weight is 1200 g/mol. The number of ether oxygens (including phenoxy) is 5. The number of phosphoric ester groups is 2. The van der Waals surface area contributed by atoms with E-state index in [1.165, 1.54) is 26.0 Å². The maximum Gasteiger partial charge on any atom is 0.304 e. The number of rotatable bonds is 22. The first-order chi connectivity index (χ1) is 37.1. The summed E-state index contributed by atoms with van der Waals surface area (Å²) in [7, 11) is -22.2. The number of aromatic nitrogens is 10. The molecule has 3 fully saturated rings. The monoisotopic (exact) mass is 1200 g/mol. The number of nitrogens with one attached hydrogen (secondary N) is 2. The lowest BCUT2D eigenvalue weighted by Crippen LogP contribution is -2.45. The number of hydrogen-bond acceptors (Lipinski definition) is 36. The molecule has 4 aliphatic heterocycles. The van der Waals surface area contributed by atoms with E-state index in [4.69, 9.17) is 54.8 Å². The first-order valence-electron chi connectivity index (χ1n) is 22.7. The van der Waals surface area contributed by atoms with Crippen LogP contribution in [0.1, 0.15) is 26.3 Å². The molecule has 7 unspecified atom stereocenters. The number of H-pyrrole nitrogens is 2. The molecule has 0 amide bonds. The summed E-state index contributed by atoms with van der Waals surface area (Å²) in [5.41, 5.74) is 15.8. The number of nitrogens with two attached hydrogens (primary N) is 3. The maximum atomic E-state index is 13.8. The van der Waals surface area contributed by atoms with Crippen molar-refractivity contribution in [1.82, 2.24) is 49.0 Å². The van der Waals surface area contributed by atoms with E-state index in [9.17, 15) is 62.7 Å². The smallest absolute Gasteiger partial charge is 0.304 e. The van der Waals surface area contributed by atoms with Crippen LogP contribution in [0.4, 0.5) is 29.2 Å². The first-order valence-corrected chi connectivity index (χ1v) is 28.6. The zero-order valence-corrected chi connectivity index (χ0v) is 44.5. The van der Waals surface area contributed by atoms with Crippen LogP contribution in [-0.4, -0.2) is 172 Å². The van der Waals surface area contributed by atoms with Crippen molar-refractivity contribution in [2.24, 2.45) is 0 Å². The van der Waals surface area contributed by atoms with Crippen molar-refractivity contribution in [3.8, 4) is 0 Å². The van der Waals surface area contributed by atoms with Crippen molar-refractivity contribution < 1.29 is 109 Å². The Hall–Kier alpha value is -5.06. The Bertz CT molecular complexity index is 3390. The fourth-order valence-electron chi connectivity index (χ4n) is 8.87. The van der Waals surface area contributed by atoms with Gasteiger partial charge in [-0.05, 0) is 13.8 Å². The van der Waals surface area contributed by atoms with Gasteiger partial charge < -0.3 is 99.1 Å². The molecule has 79 heavy (non-hydrogen) atoms. The lowest BCUT2D eigenvalue weighted by atomic mass is 10.1. The highest BCUT2D eigenvalue weighted by Gasteiger charge is 2.52. The zero-order chi connectivity index (χ0) is 57.3. The standard InChI is InChI=1S/C35H51N15O25P4/c1-12(2)68-22-15(70-32(21(22)53)49-10-42-17-27(49)43-34(37)45-29(17)54)7-66-76(56,57)72-23-14(71-33(24(23)64-4)48-9-41-16-25(36)39-8-40-26(16)48)5-65-73-78(60,61)75-79(62,63)74-77(58,59)67-6-13-19(51)20(52)31(69-13)50-11-47(3)18-28(50)44-35(38)46-30(18)55/h8-10,12-15,19-24,31-33,51-53H,5-7,11H2,1-4H3,(H,56,57)(H,58,59)(H,60,61)(H,62,63)(H2,36,39,40)(H3,37,43,45,54)(H3,38,44,46,55)/p-4/t13-,14-,15-,19+,20?,21+,22?,23?,24+,31-,32-,33-/m1/s1. The molecule has 40 nitrogen and oxygen atoms in total. The highest BCUT2D eigenvalue weighted by molar-refractivity contribution is 7.65. The van der Waals surface area contributed by atoms with E-state index < -0.39 is 142 Å². The molecule has 0 aliphatic carbocycles. The van der Waals surface area contributed by atoms with Crippen LogP contribution in [0, 0.1) is 0 Å². The van der Waals surface area contributed by atoms with Gasteiger partial charge in [-0.15, -0.1) is 0 Å². The fraction of sp³-hybridized carbons (Fsp3) is 0.600. The number of imidazole rings is 2. The quantitative estimate of drug-likeness (QED) is 0.0182. The van der Waals surface area contributed by atoms with Gasteiger partial charge in [0, 0.05) is 14.2 Å². The van der Waals surface area contributed by atoms with Crippen molar-refractivity contribution in [3.05, 3.63) is 39.7 Å². The molecule has 0 bridgehead atoms. The highest BCUT2D eigenvalue weighted by Crippen LogP contribution is 2.63. The second-order valence-electron chi connectivity index (χ2n) is 17.8. The maximum absolute atomic E-state index is 13.8. The number of aliphatic hydroxyl groups is 3. The van der Waals surface area contributed by atoms with Gasteiger partial charge in [0.25, 0.3) is 34.6 Å². The predicted octanol–water partition coefficient (Wildman–Crippen LogP) is -5.61. The summed E-state index contributed by atoms with van der Waals surface area (Å²) in [6.45, 7) is -0.279. The largest absolute Gasteiger partial charge is 0.756 e. The average Bonchev–Trinajstić information content (AvgIpc) is 4.42. The molecule has 0 radical (unpaired) electrons. The minimum absolute atomic E-state index is 0.00851. The number of nitrogens with zero attached hydrogens (tertiary/aromatic N) is 10. The lowest BCUT2D eigenvalue weighted by molar-refractivity contribution is -0.314. The molecule has 0 spiro atoms. The van der Waals surface area contributed by atoms with Crippen LogP contribution in [0.3, 0.4) is 0 Å². The van der Waals surface area contributed by atoms with Crippen molar-refractivity contribution in [2.45, 2.75) is 93.6 Å². The Morgan fingerprint density at radius 2 is 1.32 bits per heavy atom. The fourth-order valence-corrected chi connectivity index (χ4v) is 13.0. The Labute approximate surface area is 440 Å². The molecule has 5 aromatic rings. The van der Waals surface area contributed by atoms with Gasteiger partial charge in [0.05, 0.1) is 38.6 Å². The molecular weight excluding hydrogens is 1150 g/mol. The predicted molar refractivity (Wildman–Crippen MR) is 249 cm³/mol. The third-order valence-electron chi connectivity index (χ3n) is 12.1. The number of anilines is 5. The van der Waals surface area contributed by atoms with E-state index in [-0.39, 0.29) is 58.2 Å². The number of nitrogen functional groups attached to an aromatic ring is 3. The highest BCUT2D eigenvalue weighted by atomic mass is 31.3. The SMILES string of the molecule is CO[C@H]1C(OP(=O)([O-])OC[C@H]2O[C@@H](n3cnc4c(=O)[nH]c(N)nc43)[C@@H](O)C2OC(C)C)[C@@H](COOP(=O)([O-])OP(=O)([O-])OP(=O)([O-])OC[C@H]2O[C@@H](N3CN(C)c4c3nc(N)[nH]c4=O)C(O)[C@H]2O)O[C@H]1n1cnc2c(N)ncnc21. The van der Waals surface area contributed by atoms with Crippen LogP contribution in [-0.2, 0) is 73.7 Å². The molecule has 0 aromatic carbocycles. The number of fused-ring (bicyclic) bond motifs is 3. The number of methoxy groups -OCH3 is 1. The second-order valence-corrected chi connectivity index (χ2v) is 23.5. The molecule has 5 aromatic heterocycles. The van der Waals surface area contributed by atoms with Gasteiger partial charge >= 0.3 is 7.82 Å². The Kier molecular flexibility index (Phi) is 16.6. The van der Waals surface area contributed by atoms with Crippen LogP contribution < -0.4 is 57.7 Å². The lowest BCUT2D eigenvalue weighted by Gasteiger charge is -2.34. The summed E-state index contributed by atoms with van der Waals surface area (Å²) >= 11 is 0. The van der Waals surface area contributed by atoms with Crippen LogP contribution >= 0.6 is 31.3 Å². The molecule has 436 valence electrons. The van der Waals surface area contributed by atoms with Gasteiger partial charge in [0.15, 0.2) is 47.1 Å². The van der Waals surface area contributed by atoms with Crippen LogP contribution in [0.5, 0.6) is 0 Å². The summed E-state index contributed by atoms with van der Waals surface area (Å²) in [4.78, 5) is 113. The normalized spacial score (nSPS) is 30.3. The topological polar surface area (TPSA) is 569 Å². The van der Waals surface area contributed by atoms with E-state index in [0.29, 0.717) is 0 Å². The van der Waals surface area contributed by atoms with E-state index in [2.05, 4.69) is 57.7 Å². The molecule has 9 rings (SSSR count). The summed E-state index contributed by atoms with van der Waals surface area (Å²) in [6.07, 6.45) is -16.6. The summed E-state index contributed by atoms with van der Waals surface area (Å²) in [5.74, 6) is -0.762. The molecule has 3 saturated heterocycles. The van der Waals surface area contributed by atoms with E-state index in [0.717, 1.165) is 26.1 Å². The van der Waals surface area contributed by atoms with Crippen molar-refractivity contribution in [1.29, 1.82) is 0 Å². The number of aliphatic hydroxyl groups excluding tert-OH is 3. The Balaban J connectivity index is 0.849. The Morgan fingerprint density at radius 3 is 2.03 bits per heavy atom. The van der Waals surface area contributed by atoms with Crippen LogP contribution in [0.25, 0.3) is 22.3 Å². The van der Waals surface area contributed by atoms with E-state index in [1.54, 1.807) is 13.8 Å². The molecule has 4 aliphatic rings. The van der Waals surface area contributed by atoms with Crippen molar-refractivity contribution >= 4 is 82.8 Å². The molecule has 44 heteroatoms. The van der Waals surface area contributed by atoms with Crippen LogP contribution in [0.2, 0.25) is 0 Å². The third kappa shape index (κ3) is 12.3. The van der Waals surface area contributed by atoms with Gasteiger partial charge in [-0.1, -0.05) is 0 Å². The van der Waals surface area contributed by atoms with E-state index in [1.807, 2.05) is 0 Å². The second kappa shape index (κ2) is 22.4. The molecular formula is C35H47N15O25P4-4. The number of hydrogen-bond donors (Lipinski definition) is 8. The summed E-state index contributed by atoms with van der Waals surface area (Å²) in [5, 5.41) is 32.8. The van der Waals surface area contributed by atoms with Gasteiger partial charge in [0.2, 0.25) is 11.9 Å². The van der Waals surface area contributed by atoms with E-state index >= 15 is 0 Å². The van der Waals surface area contributed by atoms with Crippen molar-refractivity contribution in [3.63, 3.8) is 0 Å². The first kappa shape index (κ1) is 58.6. The van der Waals surface area contributed by atoms with Gasteiger partial charge in [-0.3, -0.25) is 47.0 Å². The van der Waals surface area contributed by atoms with Gasteiger partial charge in [-0.2, -0.15) is 14.6 Å². The van der Waals surface area contributed by atoms with Crippen molar-refractivity contribution in [2.75, 3.05) is 67.6 Å². The molecule has 9 heterocycles. The van der Waals surface area contributed by atoms with Crippen LogP contribution in [0.15, 0.2) is 28.6 Å². The van der Waals surface area contributed by atoms with Gasteiger partial charge in [0.1, 0.15) is 79.1 Å². The number of phosphoric acid groups is 4. The molecule has 16 atom stereocenters. The third-order valence-corrected chi connectivity index (χ3v) is 17.0. The minimum atomic E-state index is -6.58. The molecule has 11 N–H and O–H groups in total. The Morgan fingerprint density at radius 1 is 0.709 bits per heavy atom.